The highest BCUT2D eigenvalue weighted by molar-refractivity contribution is 6.42. The molecular weight excluding hydrogens is 483 g/mol. The highest BCUT2D eigenvalue weighted by atomic mass is 35.5. The summed E-state index contributed by atoms with van der Waals surface area (Å²) in [4.78, 5) is 29.8. The van der Waals surface area contributed by atoms with Gasteiger partial charge < -0.3 is 10.0 Å². The Morgan fingerprint density at radius 1 is 0.829 bits per heavy atom. The maximum absolute atomic E-state index is 13.0. The first-order valence-electron chi connectivity index (χ1n) is 12.1. The minimum atomic E-state index is -0.741. The molecule has 0 aromatic heterocycles. The smallest absolute Gasteiger partial charge is 0.261 e. The molecule has 5 nitrogen and oxygen atoms in total. The lowest BCUT2D eigenvalue weighted by Gasteiger charge is -2.38. The van der Waals surface area contributed by atoms with E-state index in [1.807, 2.05) is 36.4 Å². The van der Waals surface area contributed by atoms with E-state index < -0.39 is 5.60 Å². The molecule has 182 valence electrons. The molecule has 1 fully saturated rings. The van der Waals surface area contributed by atoms with Gasteiger partial charge in [-0.05, 0) is 67.4 Å². The van der Waals surface area contributed by atoms with E-state index in [4.69, 9.17) is 23.2 Å². The van der Waals surface area contributed by atoms with Gasteiger partial charge in [-0.2, -0.15) is 0 Å². The van der Waals surface area contributed by atoms with Crippen molar-refractivity contribution in [3.05, 3.63) is 81.3 Å². The number of halogens is 2. The molecule has 35 heavy (non-hydrogen) atoms. The highest BCUT2D eigenvalue weighted by Crippen LogP contribution is 2.31. The van der Waals surface area contributed by atoms with Crippen LogP contribution in [0.25, 0.3) is 10.8 Å². The van der Waals surface area contributed by atoms with E-state index in [-0.39, 0.29) is 11.8 Å². The van der Waals surface area contributed by atoms with Gasteiger partial charge in [-0.3, -0.25) is 14.5 Å². The zero-order valence-electron chi connectivity index (χ0n) is 19.5. The summed E-state index contributed by atoms with van der Waals surface area (Å²) in [5, 5.41) is 13.8. The van der Waals surface area contributed by atoms with Crippen LogP contribution in [0.1, 0.15) is 52.0 Å². The monoisotopic (exact) mass is 510 g/mol. The maximum Gasteiger partial charge on any atom is 0.261 e. The summed E-state index contributed by atoms with van der Waals surface area (Å²) in [5.41, 5.74) is 1.46. The molecule has 3 aromatic carbocycles. The van der Waals surface area contributed by atoms with Gasteiger partial charge in [-0.25, -0.2) is 0 Å². The molecule has 0 radical (unpaired) electrons. The Hall–Kier alpha value is -2.44. The lowest BCUT2D eigenvalue weighted by Crippen LogP contribution is -2.46. The van der Waals surface area contributed by atoms with E-state index in [1.165, 1.54) is 4.90 Å². The maximum atomic E-state index is 13.0. The molecule has 2 heterocycles. The quantitative estimate of drug-likeness (QED) is 0.332. The van der Waals surface area contributed by atoms with Crippen LogP contribution >= 0.6 is 23.2 Å². The SMILES string of the molecule is O=C1c2cccc3cccc(c23)C(=O)N1CCCCN1CCC(O)(Cc2ccc(Cl)c(Cl)c2)CC1. The number of imide groups is 1. The third kappa shape index (κ3) is 4.96. The molecule has 5 rings (SSSR count). The fourth-order valence-electron chi connectivity index (χ4n) is 5.29. The van der Waals surface area contributed by atoms with Crippen molar-refractivity contribution in [3.63, 3.8) is 0 Å². The molecule has 1 saturated heterocycles. The van der Waals surface area contributed by atoms with Gasteiger partial charge in [0.05, 0.1) is 15.6 Å². The number of piperidine rings is 1. The molecule has 2 amide bonds. The normalized spacial score (nSPS) is 17.9. The Morgan fingerprint density at radius 2 is 1.46 bits per heavy atom. The number of likely N-dealkylation sites (tertiary alicyclic amines) is 1. The van der Waals surface area contributed by atoms with Crippen molar-refractivity contribution in [1.82, 2.24) is 9.80 Å². The van der Waals surface area contributed by atoms with Crippen molar-refractivity contribution in [1.29, 1.82) is 0 Å². The number of nitrogens with zero attached hydrogens (tertiary/aromatic N) is 2. The minimum absolute atomic E-state index is 0.204. The zero-order valence-corrected chi connectivity index (χ0v) is 21.0. The molecule has 3 aromatic rings. The van der Waals surface area contributed by atoms with Gasteiger partial charge in [0, 0.05) is 42.6 Å². The lowest BCUT2D eigenvalue weighted by molar-refractivity contribution is -0.0209. The van der Waals surface area contributed by atoms with Crippen LogP contribution in [0.5, 0.6) is 0 Å². The Bertz CT molecular complexity index is 1230. The third-order valence-corrected chi connectivity index (χ3v) is 8.00. The van der Waals surface area contributed by atoms with Gasteiger partial charge in [0.2, 0.25) is 0 Å². The Labute approximate surface area is 215 Å². The predicted molar refractivity (Wildman–Crippen MR) is 139 cm³/mol. The molecule has 0 atom stereocenters. The van der Waals surface area contributed by atoms with Crippen LogP contribution in [0.4, 0.5) is 0 Å². The number of unbranched alkanes of at least 4 members (excludes halogenated alkanes) is 1. The number of rotatable bonds is 7. The van der Waals surface area contributed by atoms with Crippen LogP contribution in [0.3, 0.4) is 0 Å². The van der Waals surface area contributed by atoms with Gasteiger partial charge in [0.1, 0.15) is 0 Å². The summed E-state index contributed by atoms with van der Waals surface area (Å²) in [6.07, 6.45) is 3.58. The molecule has 0 bridgehead atoms. The van der Waals surface area contributed by atoms with Gasteiger partial charge in [0.15, 0.2) is 0 Å². The summed E-state index contributed by atoms with van der Waals surface area (Å²) in [6.45, 7) is 2.92. The molecule has 0 aliphatic carbocycles. The first-order valence-corrected chi connectivity index (χ1v) is 12.9. The summed E-state index contributed by atoms with van der Waals surface area (Å²) >= 11 is 12.1. The topological polar surface area (TPSA) is 60.9 Å². The average molecular weight is 511 g/mol. The van der Waals surface area contributed by atoms with Gasteiger partial charge >= 0.3 is 0 Å². The van der Waals surface area contributed by atoms with Crippen LogP contribution in [-0.4, -0.2) is 58.5 Å². The first kappa shape index (κ1) is 24.3. The summed E-state index contributed by atoms with van der Waals surface area (Å²) in [7, 11) is 0. The van der Waals surface area contributed by atoms with Crippen molar-refractivity contribution in [2.24, 2.45) is 0 Å². The van der Waals surface area contributed by atoms with Crippen molar-refractivity contribution in [2.45, 2.75) is 37.7 Å². The van der Waals surface area contributed by atoms with Gasteiger partial charge in [0.25, 0.3) is 11.8 Å². The molecule has 1 N–H and O–H groups in total. The summed E-state index contributed by atoms with van der Waals surface area (Å²) < 4.78 is 0. The Balaban J connectivity index is 1.11. The molecule has 0 spiro atoms. The largest absolute Gasteiger partial charge is 0.389 e. The van der Waals surface area contributed by atoms with Crippen LogP contribution in [0, 0.1) is 0 Å². The standard InChI is InChI=1S/C28H28Cl2N2O3/c29-23-10-9-19(17-24(23)30)18-28(35)11-15-31(16-12-28)13-1-2-14-32-26(33)21-7-3-5-20-6-4-8-22(25(20)21)27(32)34/h3-10,17,35H,1-2,11-16,18H2. The van der Waals surface area contributed by atoms with Crippen LogP contribution < -0.4 is 0 Å². The van der Waals surface area contributed by atoms with Crippen LogP contribution in [0.15, 0.2) is 54.6 Å². The van der Waals surface area contributed by atoms with Crippen molar-refractivity contribution in [3.8, 4) is 0 Å². The average Bonchev–Trinajstić information content (AvgIpc) is 2.85. The number of benzene rings is 3. The fourth-order valence-corrected chi connectivity index (χ4v) is 5.61. The van der Waals surface area contributed by atoms with Gasteiger partial charge in [-0.15, -0.1) is 0 Å². The number of carbonyl (C=O) groups is 2. The number of aliphatic hydroxyl groups is 1. The third-order valence-electron chi connectivity index (χ3n) is 7.27. The van der Waals surface area contributed by atoms with E-state index in [0.29, 0.717) is 47.0 Å². The second-order valence-corrected chi connectivity index (χ2v) is 10.5. The van der Waals surface area contributed by atoms with Crippen LogP contribution in [-0.2, 0) is 6.42 Å². The Kier molecular flexibility index (Phi) is 6.86. The molecule has 0 saturated carbocycles. The predicted octanol–water partition coefficient (Wildman–Crippen LogP) is 5.59. The van der Waals surface area contributed by atoms with Crippen molar-refractivity contribution >= 4 is 45.8 Å². The lowest BCUT2D eigenvalue weighted by atomic mass is 9.85. The molecule has 0 unspecified atom stereocenters. The molecule has 2 aliphatic rings. The minimum Gasteiger partial charge on any atom is -0.389 e. The number of amides is 2. The Morgan fingerprint density at radius 3 is 2.09 bits per heavy atom. The molecular formula is C28H28Cl2N2O3. The second-order valence-electron chi connectivity index (χ2n) is 9.67. The number of carbonyl (C=O) groups excluding carboxylic acids is 2. The van der Waals surface area contributed by atoms with E-state index in [1.54, 1.807) is 18.2 Å². The van der Waals surface area contributed by atoms with Crippen LogP contribution in [0.2, 0.25) is 10.0 Å². The molecule has 7 heteroatoms. The summed E-state index contributed by atoms with van der Waals surface area (Å²) in [5.74, 6) is -0.408. The second kappa shape index (κ2) is 9.90. The molecule has 2 aliphatic heterocycles. The van der Waals surface area contributed by atoms with E-state index in [9.17, 15) is 14.7 Å². The van der Waals surface area contributed by atoms with E-state index in [2.05, 4.69) is 4.90 Å². The zero-order chi connectivity index (χ0) is 24.6. The number of hydrogen-bond acceptors (Lipinski definition) is 4. The fraction of sp³-hybridized carbons (Fsp3) is 0.357. The van der Waals surface area contributed by atoms with Gasteiger partial charge in [-0.1, -0.05) is 53.5 Å². The van der Waals surface area contributed by atoms with Crippen molar-refractivity contribution < 1.29 is 14.7 Å². The van der Waals surface area contributed by atoms with Crippen molar-refractivity contribution in [2.75, 3.05) is 26.2 Å². The highest BCUT2D eigenvalue weighted by Gasteiger charge is 2.34. The summed E-state index contributed by atoms with van der Waals surface area (Å²) in [6, 6.07) is 16.7. The number of hydrogen-bond donors (Lipinski definition) is 1. The van der Waals surface area contributed by atoms with E-state index in [0.717, 1.165) is 48.8 Å². The van der Waals surface area contributed by atoms with E-state index >= 15 is 0 Å². The first-order chi connectivity index (χ1) is 16.8.